The van der Waals surface area contributed by atoms with Crippen LogP contribution in [0.1, 0.15) is 38.3 Å². The molecule has 0 spiro atoms. The van der Waals surface area contributed by atoms with Gasteiger partial charge < -0.3 is 5.32 Å². The third kappa shape index (κ3) is 2.73. The summed E-state index contributed by atoms with van der Waals surface area (Å²) in [6.07, 6.45) is 7.34. The van der Waals surface area contributed by atoms with E-state index >= 15 is 0 Å². The summed E-state index contributed by atoms with van der Waals surface area (Å²) < 4.78 is 2.24. The summed E-state index contributed by atoms with van der Waals surface area (Å²) in [7, 11) is 0. The minimum absolute atomic E-state index is 0.752. The van der Waals surface area contributed by atoms with Gasteiger partial charge in [-0.2, -0.15) is 0 Å². The zero-order valence-electron chi connectivity index (χ0n) is 10.7. The molecule has 1 N–H and O–H groups in total. The van der Waals surface area contributed by atoms with Crippen LogP contribution in [0.15, 0.2) is 16.6 Å². The molecule has 98 valence electrons. The Morgan fingerprint density at radius 3 is 3.22 bits per heavy atom. The maximum absolute atomic E-state index is 4.75. The van der Waals surface area contributed by atoms with Gasteiger partial charge in [-0.25, -0.2) is 4.98 Å². The van der Waals surface area contributed by atoms with Crippen molar-refractivity contribution in [3.63, 3.8) is 0 Å². The molecule has 0 radical (unpaired) electrons. The number of unbranched alkanes of at least 4 members (excludes halogenated alkanes) is 1. The molecule has 18 heavy (non-hydrogen) atoms. The molecule has 3 rings (SSSR count). The highest BCUT2D eigenvalue weighted by Gasteiger charge is 2.22. The SMILES string of the molecule is CCCCSc1nc2sccn2c1CNC1CC1. The number of aromatic nitrogens is 2. The van der Waals surface area contributed by atoms with Crippen LogP contribution in [-0.2, 0) is 6.54 Å². The van der Waals surface area contributed by atoms with Crippen molar-refractivity contribution in [1.82, 2.24) is 14.7 Å². The first kappa shape index (κ1) is 12.5. The maximum atomic E-state index is 4.75. The summed E-state index contributed by atoms with van der Waals surface area (Å²) >= 11 is 3.63. The molecular weight excluding hydrogens is 262 g/mol. The van der Waals surface area contributed by atoms with Crippen molar-refractivity contribution in [2.45, 2.75) is 50.2 Å². The van der Waals surface area contributed by atoms with Crippen molar-refractivity contribution in [3.05, 3.63) is 17.3 Å². The fourth-order valence-corrected chi connectivity index (χ4v) is 3.84. The molecule has 0 atom stereocenters. The Balaban J connectivity index is 1.76. The van der Waals surface area contributed by atoms with Gasteiger partial charge in [0.1, 0.15) is 5.03 Å². The molecule has 0 aromatic carbocycles. The van der Waals surface area contributed by atoms with E-state index in [1.807, 2.05) is 11.8 Å². The van der Waals surface area contributed by atoms with Gasteiger partial charge in [-0.05, 0) is 25.0 Å². The quantitative estimate of drug-likeness (QED) is 0.622. The highest BCUT2D eigenvalue weighted by molar-refractivity contribution is 7.99. The minimum atomic E-state index is 0.752. The van der Waals surface area contributed by atoms with Gasteiger partial charge in [-0.3, -0.25) is 4.40 Å². The summed E-state index contributed by atoms with van der Waals surface area (Å²) in [5, 5.41) is 6.94. The van der Waals surface area contributed by atoms with Gasteiger partial charge >= 0.3 is 0 Å². The molecule has 1 aliphatic carbocycles. The molecule has 2 aromatic rings. The zero-order chi connectivity index (χ0) is 12.4. The van der Waals surface area contributed by atoms with Gasteiger partial charge in [0.2, 0.25) is 0 Å². The fraction of sp³-hybridized carbons (Fsp3) is 0.615. The zero-order valence-corrected chi connectivity index (χ0v) is 12.3. The minimum Gasteiger partial charge on any atom is -0.308 e. The van der Waals surface area contributed by atoms with Gasteiger partial charge in [-0.1, -0.05) is 13.3 Å². The normalized spacial score (nSPS) is 15.6. The molecule has 1 saturated carbocycles. The summed E-state index contributed by atoms with van der Waals surface area (Å²) in [5.41, 5.74) is 1.35. The Hall–Kier alpha value is -0.520. The van der Waals surface area contributed by atoms with Crippen LogP contribution in [0.2, 0.25) is 0 Å². The van der Waals surface area contributed by atoms with Crippen molar-refractivity contribution < 1.29 is 0 Å². The molecule has 5 heteroatoms. The van der Waals surface area contributed by atoms with Crippen LogP contribution < -0.4 is 5.32 Å². The van der Waals surface area contributed by atoms with E-state index in [0.29, 0.717) is 0 Å². The van der Waals surface area contributed by atoms with Crippen LogP contribution in [0.4, 0.5) is 0 Å². The van der Waals surface area contributed by atoms with Crippen LogP contribution in [0.3, 0.4) is 0 Å². The maximum Gasteiger partial charge on any atom is 0.194 e. The molecule has 3 nitrogen and oxygen atoms in total. The highest BCUT2D eigenvalue weighted by atomic mass is 32.2. The van der Waals surface area contributed by atoms with E-state index in [2.05, 4.69) is 28.2 Å². The fourth-order valence-electron chi connectivity index (χ4n) is 1.93. The van der Waals surface area contributed by atoms with Gasteiger partial charge in [-0.15, -0.1) is 23.1 Å². The van der Waals surface area contributed by atoms with E-state index in [1.54, 1.807) is 11.3 Å². The molecule has 0 unspecified atom stereocenters. The standard InChI is InChI=1S/C13H19N3S2/c1-2-3-7-17-12-11(9-14-10-4-5-10)16-6-8-18-13(16)15-12/h6,8,10,14H,2-5,7,9H2,1H3. The van der Waals surface area contributed by atoms with Crippen LogP contribution in [0, 0.1) is 0 Å². The first-order valence-electron chi connectivity index (χ1n) is 6.69. The number of thiazole rings is 1. The van der Waals surface area contributed by atoms with E-state index in [9.17, 15) is 0 Å². The predicted molar refractivity (Wildman–Crippen MR) is 78.6 cm³/mol. The van der Waals surface area contributed by atoms with Crippen molar-refractivity contribution in [2.24, 2.45) is 0 Å². The van der Waals surface area contributed by atoms with E-state index in [0.717, 1.165) is 17.5 Å². The number of hydrogen-bond donors (Lipinski definition) is 1. The van der Waals surface area contributed by atoms with E-state index in [4.69, 9.17) is 4.98 Å². The first-order chi connectivity index (χ1) is 8.88. The lowest BCUT2D eigenvalue weighted by molar-refractivity contribution is 0.661. The summed E-state index contributed by atoms with van der Waals surface area (Å²) in [6.45, 7) is 3.19. The molecule has 2 heterocycles. The molecule has 1 fully saturated rings. The summed E-state index contributed by atoms with van der Waals surface area (Å²) in [4.78, 5) is 5.87. The smallest absolute Gasteiger partial charge is 0.194 e. The van der Waals surface area contributed by atoms with Gasteiger partial charge in [0.15, 0.2) is 4.96 Å². The van der Waals surface area contributed by atoms with Gasteiger partial charge in [0.05, 0.1) is 5.69 Å². The van der Waals surface area contributed by atoms with Crippen molar-refractivity contribution in [2.75, 3.05) is 5.75 Å². The van der Waals surface area contributed by atoms with Crippen molar-refractivity contribution in [3.8, 4) is 0 Å². The largest absolute Gasteiger partial charge is 0.308 e. The first-order valence-corrected chi connectivity index (χ1v) is 8.55. The molecular formula is C13H19N3S2. The second-order valence-corrected chi connectivity index (χ2v) is 6.73. The van der Waals surface area contributed by atoms with Gasteiger partial charge in [0.25, 0.3) is 0 Å². The van der Waals surface area contributed by atoms with Crippen molar-refractivity contribution >= 4 is 28.1 Å². The molecule has 0 amide bonds. The number of thioether (sulfide) groups is 1. The molecule has 0 saturated heterocycles. The molecule has 2 aromatic heterocycles. The number of nitrogens with zero attached hydrogens (tertiary/aromatic N) is 2. The Bertz CT molecular complexity index is 513. The Morgan fingerprint density at radius 2 is 2.44 bits per heavy atom. The summed E-state index contributed by atoms with van der Waals surface area (Å²) in [6, 6.07) is 0.752. The van der Waals surface area contributed by atoms with Crippen LogP contribution in [0.5, 0.6) is 0 Å². The second kappa shape index (κ2) is 5.63. The molecule has 0 bridgehead atoms. The van der Waals surface area contributed by atoms with E-state index in [1.165, 1.54) is 42.2 Å². The Kier molecular flexibility index (Phi) is 3.91. The van der Waals surface area contributed by atoms with Crippen LogP contribution >= 0.6 is 23.1 Å². The third-order valence-corrected chi connectivity index (χ3v) is 5.05. The number of fused-ring (bicyclic) bond motifs is 1. The number of rotatable bonds is 7. The monoisotopic (exact) mass is 281 g/mol. The lowest BCUT2D eigenvalue weighted by Gasteiger charge is -2.05. The summed E-state index contributed by atoms with van der Waals surface area (Å²) in [5.74, 6) is 1.18. The van der Waals surface area contributed by atoms with E-state index in [-0.39, 0.29) is 0 Å². The number of hydrogen-bond acceptors (Lipinski definition) is 4. The Morgan fingerprint density at radius 1 is 1.56 bits per heavy atom. The van der Waals surface area contributed by atoms with Crippen molar-refractivity contribution in [1.29, 1.82) is 0 Å². The lowest BCUT2D eigenvalue weighted by Crippen LogP contribution is -2.16. The molecule has 0 aliphatic heterocycles. The predicted octanol–water partition coefficient (Wildman–Crippen LogP) is 3.54. The molecule has 1 aliphatic rings. The number of nitrogens with one attached hydrogen (secondary N) is 1. The van der Waals surface area contributed by atoms with Crippen LogP contribution in [0.25, 0.3) is 4.96 Å². The number of imidazole rings is 1. The lowest BCUT2D eigenvalue weighted by atomic mass is 10.4. The Labute approximate surface area is 116 Å². The second-order valence-electron chi connectivity index (χ2n) is 4.78. The third-order valence-electron chi connectivity index (χ3n) is 3.20. The average Bonchev–Trinajstić information content (AvgIpc) is 2.98. The highest BCUT2D eigenvalue weighted by Crippen LogP contribution is 2.28. The average molecular weight is 281 g/mol. The van der Waals surface area contributed by atoms with Gasteiger partial charge in [0, 0.05) is 24.2 Å². The van der Waals surface area contributed by atoms with Crippen LogP contribution in [-0.4, -0.2) is 21.2 Å². The topological polar surface area (TPSA) is 29.3 Å². The van der Waals surface area contributed by atoms with E-state index < -0.39 is 0 Å².